The smallest absolute Gasteiger partial charge is 0.333 e. The molecule has 1 atom stereocenters. The Balaban J connectivity index is 2.36. The van der Waals surface area contributed by atoms with Crippen molar-refractivity contribution in [2.45, 2.75) is 26.2 Å². The quantitative estimate of drug-likeness (QED) is 0.536. The number of esters is 1. The molecule has 1 rings (SSSR count). The molecule has 0 aliphatic carbocycles. The average Bonchev–Trinajstić information content (AvgIpc) is 2.40. The third-order valence-corrected chi connectivity index (χ3v) is 3.30. The Morgan fingerprint density at radius 2 is 2.33 bits per heavy atom. The highest BCUT2D eigenvalue weighted by molar-refractivity contribution is 5.88. The molecule has 4 heteroatoms. The van der Waals surface area contributed by atoms with Gasteiger partial charge in [-0.2, -0.15) is 0 Å². The molecular weight excluding hydrogens is 230 g/mol. The van der Waals surface area contributed by atoms with E-state index in [9.17, 15) is 4.79 Å². The lowest BCUT2D eigenvalue weighted by atomic mass is 10.0. The molecule has 0 N–H and O–H groups in total. The maximum Gasteiger partial charge on any atom is 0.333 e. The first-order chi connectivity index (χ1) is 8.67. The summed E-state index contributed by atoms with van der Waals surface area (Å²) in [5.41, 5.74) is 0.754. The predicted octanol–water partition coefficient (Wildman–Crippen LogP) is 1.85. The zero-order valence-electron chi connectivity index (χ0n) is 11.8. The Bertz CT molecular complexity index is 283. The topological polar surface area (TPSA) is 38.8 Å². The highest BCUT2D eigenvalue weighted by Crippen LogP contribution is 2.14. The zero-order chi connectivity index (χ0) is 13.4. The molecule has 0 radical (unpaired) electrons. The predicted molar refractivity (Wildman–Crippen MR) is 71.4 cm³/mol. The van der Waals surface area contributed by atoms with Crippen LogP contribution in [0, 0.1) is 5.92 Å². The molecular formula is C14H25NO3. The van der Waals surface area contributed by atoms with Crippen LogP contribution < -0.4 is 0 Å². The van der Waals surface area contributed by atoms with Crippen molar-refractivity contribution in [2.75, 3.05) is 40.5 Å². The highest BCUT2D eigenvalue weighted by Gasteiger charge is 2.15. The van der Waals surface area contributed by atoms with Gasteiger partial charge >= 0.3 is 5.97 Å². The molecule has 1 fully saturated rings. The van der Waals surface area contributed by atoms with Gasteiger partial charge in [0.05, 0.1) is 13.7 Å². The van der Waals surface area contributed by atoms with Crippen LogP contribution >= 0.6 is 0 Å². The lowest BCUT2D eigenvalue weighted by Gasteiger charge is -2.26. The van der Waals surface area contributed by atoms with E-state index >= 15 is 0 Å². The lowest BCUT2D eigenvalue weighted by molar-refractivity contribution is -0.136. The second-order valence-corrected chi connectivity index (χ2v) is 4.88. The molecule has 18 heavy (non-hydrogen) atoms. The van der Waals surface area contributed by atoms with E-state index in [0.717, 1.165) is 38.3 Å². The summed E-state index contributed by atoms with van der Waals surface area (Å²) in [6.45, 7) is 5.55. The number of carbonyl (C=O) groups excluding carboxylic acids is 1. The van der Waals surface area contributed by atoms with Gasteiger partial charge in [-0.25, -0.2) is 4.79 Å². The van der Waals surface area contributed by atoms with Crippen molar-refractivity contribution in [3.8, 4) is 0 Å². The van der Waals surface area contributed by atoms with Crippen molar-refractivity contribution in [2.24, 2.45) is 5.92 Å². The van der Waals surface area contributed by atoms with Gasteiger partial charge in [-0.15, -0.1) is 0 Å². The molecule has 0 aromatic heterocycles. The summed E-state index contributed by atoms with van der Waals surface area (Å²) in [6, 6.07) is 0. The summed E-state index contributed by atoms with van der Waals surface area (Å²) in [5.74, 6) is 0.409. The summed E-state index contributed by atoms with van der Waals surface area (Å²) >= 11 is 0. The van der Waals surface area contributed by atoms with E-state index in [0.29, 0.717) is 12.3 Å². The standard InChI is InChI=1S/C14H25NO3/c1-4-13(14(16)17-3)7-8-15(2)10-12-6-5-9-18-11-12/h7,12H,4-6,8-11H2,1-3H3. The third kappa shape index (κ3) is 5.19. The lowest BCUT2D eigenvalue weighted by Crippen LogP contribution is -2.31. The number of nitrogens with zero attached hydrogens (tertiary/aromatic N) is 1. The molecule has 1 saturated heterocycles. The molecule has 1 unspecified atom stereocenters. The van der Waals surface area contributed by atoms with E-state index in [1.54, 1.807) is 0 Å². The van der Waals surface area contributed by atoms with Crippen molar-refractivity contribution in [1.82, 2.24) is 4.90 Å². The maximum absolute atomic E-state index is 11.4. The molecule has 1 aliphatic rings. The SMILES string of the molecule is CCC(=CCN(C)CC1CCCOC1)C(=O)OC. The van der Waals surface area contributed by atoms with Gasteiger partial charge in [0.15, 0.2) is 0 Å². The van der Waals surface area contributed by atoms with Crippen LogP contribution in [0.15, 0.2) is 11.6 Å². The summed E-state index contributed by atoms with van der Waals surface area (Å²) in [4.78, 5) is 13.7. The first-order valence-corrected chi connectivity index (χ1v) is 6.71. The number of likely N-dealkylation sites (N-methyl/N-ethyl adjacent to an activating group) is 1. The Labute approximate surface area is 110 Å². The van der Waals surface area contributed by atoms with Gasteiger partial charge in [-0.3, -0.25) is 0 Å². The zero-order valence-corrected chi connectivity index (χ0v) is 11.8. The van der Waals surface area contributed by atoms with E-state index < -0.39 is 0 Å². The highest BCUT2D eigenvalue weighted by atomic mass is 16.5. The van der Waals surface area contributed by atoms with Crippen LogP contribution in [0.25, 0.3) is 0 Å². The Kier molecular flexibility index (Phi) is 6.98. The molecule has 0 bridgehead atoms. The summed E-state index contributed by atoms with van der Waals surface area (Å²) in [6.07, 6.45) is 5.09. The summed E-state index contributed by atoms with van der Waals surface area (Å²) in [7, 11) is 3.50. The van der Waals surface area contributed by atoms with Crippen LogP contribution in [-0.4, -0.2) is 51.3 Å². The van der Waals surface area contributed by atoms with Crippen LogP contribution in [0.3, 0.4) is 0 Å². The minimum Gasteiger partial charge on any atom is -0.466 e. The molecule has 104 valence electrons. The number of methoxy groups -OCH3 is 1. The minimum atomic E-state index is -0.216. The van der Waals surface area contributed by atoms with Crippen LogP contribution in [-0.2, 0) is 14.3 Å². The number of hydrogen-bond acceptors (Lipinski definition) is 4. The molecule has 1 heterocycles. The molecule has 0 amide bonds. The third-order valence-electron chi connectivity index (χ3n) is 3.30. The molecule has 4 nitrogen and oxygen atoms in total. The molecule has 1 aliphatic heterocycles. The van der Waals surface area contributed by atoms with E-state index in [1.165, 1.54) is 13.5 Å². The van der Waals surface area contributed by atoms with E-state index in [2.05, 4.69) is 11.9 Å². The minimum absolute atomic E-state index is 0.216. The van der Waals surface area contributed by atoms with Crippen molar-refractivity contribution < 1.29 is 14.3 Å². The number of hydrogen-bond donors (Lipinski definition) is 0. The van der Waals surface area contributed by atoms with Gasteiger partial charge in [0.25, 0.3) is 0 Å². The largest absolute Gasteiger partial charge is 0.466 e. The van der Waals surface area contributed by atoms with Crippen LogP contribution in [0.1, 0.15) is 26.2 Å². The van der Waals surface area contributed by atoms with Crippen molar-refractivity contribution >= 4 is 5.97 Å². The first kappa shape index (κ1) is 15.2. The Morgan fingerprint density at radius 3 is 2.89 bits per heavy atom. The van der Waals surface area contributed by atoms with Crippen molar-refractivity contribution in [3.63, 3.8) is 0 Å². The number of carbonyl (C=O) groups is 1. The van der Waals surface area contributed by atoms with Crippen LogP contribution in [0.4, 0.5) is 0 Å². The monoisotopic (exact) mass is 255 g/mol. The van der Waals surface area contributed by atoms with Crippen LogP contribution in [0.5, 0.6) is 0 Å². The maximum atomic E-state index is 11.4. The Hall–Kier alpha value is -0.870. The van der Waals surface area contributed by atoms with Gasteiger partial charge in [0, 0.05) is 25.3 Å². The van der Waals surface area contributed by atoms with Gasteiger partial charge in [0.2, 0.25) is 0 Å². The van der Waals surface area contributed by atoms with Gasteiger partial charge in [0.1, 0.15) is 0 Å². The normalized spacial score (nSPS) is 21.1. The van der Waals surface area contributed by atoms with E-state index in [1.807, 2.05) is 13.0 Å². The second kappa shape index (κ2) is 8.27. The van der Waals surface area contributed by atoms with Gasteiger partial charge in [-0.1, -0.05) is 13.0 Å². The molecule has 0 saturated carbocycles. The fourth-order valence-electron chi connectivity index (χ4n) is 2.24. The summed E-state index contributed by atoms with van der Waals surface area (Å²) in [5, 5.41) is 0. The average molecular weight is 255 g/mol. The van der Waals surface area contributed by atoms with Crippen molar-refractivity contribution in [3.05, 3.63) is 11.6 Å². The van der Waals surface area contributed by atoms with Crippen molar-refractivity contribution in [1.29, 1.82) is 0 Å². The fraction of sp³-hybridized carbons (Fsp3) is 0.786. The van der Waals surface area contributed by atoms with Gasteiger partial charge in [-0.05, 0) is 32.2 Å². The van der Waals surface area contributed by atoms with E-state index in [-0.39, 0.29) is 5.97 Å². The molecule has 0 spiro atoms. The molecule has 0 aromatic carbocycles. The van der Waals surface area contributed by atoms with E-state index in [4.69, 9.17) is 9.47 Å². The number of ether oxygens (including phenoxy) is 2. The number of rotatable bonds is 6. The summed E-state index contributed by atoms with van der Waals surface area (Å²) < 4.78 is 10.2. The molecule has 0 aromatic rings. The second-order valence-electron chi connectivity index (χ2n) is 4.88. The Morgan fingerprint density at radius 1 is 1.56 bits per heavy atom. The fourth-order valence-corrected chi connectivity index (χ4v) is 2.24. The van der Waals surface area contributed by atoms with Crippen LogP contribution in [0.2, 0.25) is 0 Å². The van der Waals surface area contributed by atoms with Gasteiger partial charge < -0.3 is 14.4 Å². The first-order valence-electron chi connectivity index (χ1n) is 6.71.